The van der Waals surface area contributed by atoms with Gasteiger partial charge in [-0.15, -0.1) is 0 Å². The van der Waals surface area contributed by atoms with Crippen molar-refractivity contribution < 1.29 is 4.92 Å². The number of nitro groups is 1. The Labute approximate surface area is 113 Å². The molecule has 1 heterocycles. The molecule has 7 nitrogen and oxygen atoms in total. The zero-order valence-corrected chi connectivity index (χ0v) is 10.9. The zero-order chi connectivity index (χ0) is 14.7. The number of para-hydroxylation sites is 1. The van der Waals surface area contributed by atoms with Gasteiger partial charge in [-0.05, 0) is 6.42 Å². The normalized spacial score (nSPS) is 10.4. The van der Waals surface area contributed by atoms with Gasteiger partial charge in [0.25, 0.3) is 11.2 Å². The summed E-state index contributed by atoms with van der Waals surface area (Å²) in [6.07, 6.45) is 1.64. The van der Waals surface area contributed by atoms with Crippen molar-refractivity contribution in [3.05, 3.63) is 73.0 Å². The average Bonchev–Trinajstić information content (AvgIpc) is 2.43. The molecule has 0 saturated heterocycles. The molecule has 0 unspecified atom stereocenters. The molecule has 104 valence electrons. The molecule has 0 aliphatic heterocycles. The van der Waals surface area contributed by atoms with Gasteiger partial charge in [0, 0.05) is 37.5 Å². The van der Waals surface area contributed by atoms with Crippen LogP contribution in [0.1, 0.15) is 5.56 Å². The Hall–Kier alpha value is -2.70. The highest BCUT2D eigenvalue weighted by molar-refractivity contribution is 5.39. The van der Waals surface area contributed by atoms with E-state index in [0.717, 1.165) is 4.57 Å². The van der Waals surface area contributed by atoms with Crippen molar-refractivity contribution in [2.45, 2.75) is 13.0 Å². The topological polar surface area (TPSA) is 87.1 Å². The number of benzene rings is 1. The molecule has 0 N–H and O–H groups in total. The van der Waals surface area contributed by atoms with Gasteiger partial charge in [0.2, 0.25) is 0 Å². The molecule has 0 fully saturated rings. The van der Waals surface area contributed by atoms with Gasteiger partial charge in [-0.1, -0.05) is 18.2 Å². The lowest BCUT2D eigenvalue weighted by Gasteiger charge is -2.06. The summed E-state index contributed by atoms with van der Waals surface area (Å²) >= 11 is 0. The molecule has 0 aliphatic carbocycles. The number of hydrogen-bond donors (Lipinski definition) is 0. The lowest BCUT2D eigenvalue weighted by molar-refractivity contribution is -0.385. The van der Waals surface area contributed by atoms with Gasteiger partial charge in [-0.25, -0.2) is 4.79 Å². The van der Waals surface area contributed by atoms with Crippen molar-refractivity contribution in [1.29, 1.82) is 0 Å². The van der Waals surface area contributed by atoms with E-state index in [1.165, 1.54) is 22.9 Å². The molecule has 20 heavy (non-hydrogen) atoms. The summed E-state index contributed by atoms with van der Waals surface area (Å²) in [6.45, 7) is 0.108. The summed E-state index contributed by atoms with van der Waals surface area (Å²) < 4.78 is 2.36. The number of nitro benzene ring substituents is 1. The van der Waals surface area contributed by atoms with E-state index < -0.39 is 16.2 Å². The lowest BCUT2D eigenvalue weighted by atomic mass is 10.1. The highest BCUT2D eigenvalue weighted by Crippen LogP contribution is 2.18. The van der Waals surface area contributed by atoms with Gasteiger partial charge >= 0.3 is 5.69 Å². The Bertz CT molecular complexity index is 761. The molecular weight excluding hydrogens is 262 g/mol. The van der Waals surface area contributed by atoms with Gasteiger partial charge in [0.05, 0.1) is 4.92 Å². The molecule has 7 heteroatoms. The number of hydrogen-bond acceptors (Lipinski definition) is 4. The lowest BCUT2D eigenvalue weighted by Crippen LogP contribution is -2.38. The first kappa shape index (κ1) is 13.7. The standard InChI is InChI=1S/C13H13N3O4/c1-14-8-7-12(17)15(13(14)18)9-6-10-4-2-3-5-11(10)16(19)20/h2-5,7-8H,6,9H2,1H3. The Kier molecular flexibility index (Phi) is 3.79. The summed E-state index contributed by atoms with van der Waals surface area (Å²) in [4.78, 5) is 33.9. The van der Waals surface area contributed by atoms with E-state index in [-0.39, 0.29) is 18.7 Å². The molecule has 1 aromatic carbocycles. The van der Waals surface area contributed by atoms with Crippen LogP contribution in [0.5, 0.6) is 0 Å². The van der Waals surface area contributed by atoms with Gasteiger partial charge in [0.15, 0.2) is 0 Å². The van der Waals surface area contributed by atoms with E-state index in [1.807, 2.05) is 0 Å². The minimum Gasteiger partial charge on any atom is -0.303 e. The van der Waals surface area contributed by atoms with Crippen molar-refractivity contribution in [2.24, 2.45) is 7.05 Å². The number of rotatable bonds is 4. The van der Waals surface area contributed by atoms with Crippen LogP contribution in [0.4, 0.5) is 5.69 Å². The maximum Gasteiger partial charge on any atom is 0.330 e. The second kappa shape index (κ2) is 5.52. The van der Waals surface area contributed by atoms with Crippen LogP contribution >= 0.6 is 0 Å². The number of aryl methyl sites for hydroxylation is 2. The van der Waals surface area contributed by atoms with Crippen LogP contribution in [0.25, 0.3) is 0 Å². The molecule has 0 spiro atoms. The second-order valence-electron chi connectivity index (χ2n) is 4.33. The summed E-state index contributed by atoms with van der Waals surface area (Å²) in [7, 11) is 1.54. The second-order valence-corrected chi connectivity index (χ2v) is 4.33. The monoisotopic (exact) mass is 275 g/mol. The highest BCUT2D eigenvalue weighted by atomic mass is 16.6. The Morgan fingerprint density at radius 2 is 1.90 bits per heavy atom. The molecule has 2 rings (SSSR count). The first-order valence-corrected chi connectivity index (χ1v) is 5.99. The fraction of sp³-hybridized carbons (Fsp3) is 0.231. The Balaban J connectivity index is 2.31. The highest BCUT2D eigenvalue weighted by Gasteiger charge is 2.13. The summed E-state index contributed by atoms with van der Waals surface area (Å²) in [6, 6.07) is 7.59. The molecule has 2 aromatic rings. The van der Waals surface area contributed by atoms with Crippen LogP contribution in [-0.2, 0) is 20.0 Å². The van der Waals surface area contributed by atoms with E-state index in [1.54, 1.807) is 25.2 Å². The molecule has 0 saturated carbocycles. The van der Waals surface area contributed by atoms with Crippen molar-refractivity contribution in [2.75, 3.05) is 0 Å². The third-order valence-corrected chi connectivity index (χ3v) is 3.03. The fourth-order valence-corrected chi connectivity index (χ4v) is 1.95. The molecule has 0 atom stereocenters. The molecular formula is C13H13N3O4. The Morgan fingerprint density at radius 3 is 2.60 bits per heavy atom. The van der Waals surface area contributed by atoms with Crippen LogP contribution in [0.2, 0.25) is 0 Å². The summed E-state index contributed by atoms with van der Waals surface area (Å²) in [5, 5.41) is 10.9. The predicted octanol–water partition coefficient (Wildman–Crippen LogP) is 0.698. The third kappa shape index (κ3) is 2.66. The first-order chi connectivity index (χ1) is 9.50. The minimum absolute atomic E-state index is 0.00620. The van der Waals surface area contributed by atoms with Crippen molar-refractivity contribution in [1.82, 2.24) is 9.13 Å². The third-order valence-electron chi connectivity index (χ3n) is 3.03. The molecule has 1 aromatic heterocycles. The van der Waals surface area contributed by atoms with Crippen LogP contribution in [0.15, 0.2) is 46.1 Å². The number of nitrogens with zero attached hydrogens (tertiary/aromatic N) is 3. The fourth-order valence-electron chi connectivity index (χ4n) is 1.95. The smallest absolute Gasteiger partial charge is 0.303 e. The van der Waals surface area contributed by atoms with Crippen LogP contribution in [-0.4, -0.2) is 14.1 Å². The minimum atomic E-state index is -0.471. The van der Waals surface area contributed by atoms with Crippen molar-refractivity contribution >= 4 is 5.69 Å². The van der Waals surface area contributed by atoms with Crippen LogP contribution in [0.3, 0.4) is 0 Å². The van der Waals surface area contributed by atoms with Crippen molar-refractivity contribution in [3.63, 3.8) is 0 Å². The van der Waals surface area contributed by atoms with Crippen LogP contribution in [0, 0.1) is 10.1 Å². The molecule has 0 bridgehead atoms. The number of aromatic nitrogens is 2. The van der Waals surface area contributed by atoms with E-state index in [0.29, 0.717) is 5.56 Å². The van der Waals surface area contributed by atoms with Crippen LogP contribution < -0.4 is 11.2 Å². The van der Waals surface area contributed by atoms with Gasteiger partial charge in [-0.2, -0.15) is 0 Å². The molecule has 0 radical (unpaired) electrons. The van der Waals surface area contributed by atoms with E-state index in [9.17, 15) is 19.7 Å². The van der Waals surface area contributed by atoms with Gasteiger partial charge in [0.1, 0.15) is 0 Å². The summed E-state index contributed by atoms with van der Waals surface area (Å²) in [5.74, 6) is 0. The largest absolute Gasteiger partial charge is 0.330 e. The van der Waals surface area contributed by atoms with E-state index in [4.69, 9.17) is 0 Å². The average molecular weight is 275 g/mol. The van der Waals surface area contributed by atoms with Gasteiger partial charge < -0.3 is 4.57 Å². The quantitative estimate of drug-likeness (QED) is 0.607. The zero-order valence-electron chi connectivity index (χ0n) is 10.9. The SMILES string of the molecule is Cn1ccc(=O)n(CCc2ccccc2[N+](=O)[O-])c1=O. The Morgan fingerprint density at radius 1 is 1.20 bits per heavy atom. The predicted molar refractivity (Wildman–Crippen MR) is 72.7 cm³/mol. The first-order valence-electron chi connectivity index (χ1n) is 5.99. The van der Waals surface area contributed by atoms with E-state index >= 15 is 0 Å². The maximum atomic E-state index is 11.8. The maximum absolute atomic E-state index is 11.8. The summed E-state index contributed by atoms with van der Waals surface area (Å²) in [5.41, 5.74) is -0.355. The van der Waals surface area contributed by atoms with E-state index in [2.05, 4.69) is 0 Å². The van der Waals surface area contributed by atoms with Crippen molar-refractivity contribution in [3.8, 4) is 0 Å². The molecule has 0 aliphatic rings. The molecule has 0 amide bonds. The van der Waals surface area contributed by atoms with Gasteiger partial charge in [-0.3, -0.25) is 19.5 Å².